The molecule has 1 aliphatic carbocycles. The Hall–Kier alpha value is -1.62. The first kappa shape index (κ1) is 12.8. The normalized spacial score (nSPS) is 19.3. The van der Waals surface area contributed by atoms with Crippen molar-refractivity contribution < 1.29 is 4.74 Å². The number of hydrogen-bond donors (Lipinski definition) is 2. The van der Waals surface area contributed by atoms with Gasteiger partial charge in [0.1, 0.15) is 5.82 Å². The summed E-state index contributed by atoms with van der Waals surface area (Å²) in [5.74, 6) is 1.68. The van der Waals surface area contributed by atoms with E-state index in [0.29, 0.717) is 24.2 Å². The average Bonchev–Trinajstić information content (AvgIpc) is 3.22. The Morgan fingerprint density at radius 2 is 2.39 bits per heavy atom. The lowest BCUT2D eigenvalue weighted by Gasteiger charge is -2.26. The van der Waals surface area contributed by atoms with Gasteiger partial charge in [0.05, 0.1) is 12.1 Å². The second-order valence-electron chi connectivity index (χ2n) is 4.83. The lowest BCUT2D eigenvalue weighted by Crippen LogP contribution is -2.35. The van der Waals surface area contributed by atoms with E-state index in [4.69, 9.17) is 10.5 Å². The summed E-state index contributed by atoms with van der Waals surface area (Å²) in [6, 6.07) is 5.60. The van der Waals surface area contributed by atoms with Crippen LogP contribution in [0.5, 0.6) is 0 Å². The topological polar surface area (TPSA) is 72.5 Å². The Labute approximate surface area is 107 Å². The van der Waals surface area contributed by atoms with Gasteiger partial charge in [-0.25, -0.2) is 4.98 Å². The van der Waals surface area contributed by atoms with E-state index >= 15 is 0 Å². The monoisotopic (exact) mass is 248 g/mol. The van der Waals surface area contributed by atoms with Gasteiger partial charge in [-0.2, -0.15) is 0 Å². The van der Waals surface area contributed by atoms with Gasteiger partial charge >= 0.3 is 0 Å². The molecule has 1 fully saturated rings. The standard InChI is InChI=1S/C13H20N4O/c1-13(18-2,10-6-7-10)9-16-12(14)17-11-5-3-4-8-15-11/h3-5,8,10H,6-7,9H2,1-2H3,(H3,14,15,16,17). The fourth-order valence-corrected chi connectivity index (χ4v) is 1.90. The highest BCUT2D eigenvalue weighted by atomic mass is 16.5. The van der Waals surface area contributed by atoms with E-state index in [1.54, 1.807) is 13.3 Å². The SMILES string of the molecule is COC(C)(CN=C(N)Nc1ccccn1)C1CC1. The molecule has 98 valence electrons. The molecule has 0 aliphatic heterocycles. The predicted molar refractivity (Wildman–Crippen MR) is 72.5 cm³/mol. The fraction of sp³-hybridized carbons (Fsp3) is 0.538. The number of rotatable bonds is 5. The molecule has 5 nitrogen and oxygen atoms in total. The highest BCUT2D eigenvalue weighted by molar-refractivity contribution is 5.91. The maximum Gasteiger partial charge on any atom is 0.194 e. The van der Waals surface area contributed by atoms with Crippen LogP contribution >= 0.6 is 0 Å². The molecule has 3 N–H and O–H groups in total. The minimum atomic E-state index is -0.198. The first-order valence-corrected chi connectivity index (χ1v) is 6.17. The summed E-state index contributed by atoms with van der Waals surface area (Å²) in [7, 11) is 1.73. The van der Waals surface area contributed by atoms with Crippen LogP contribution in [0.1, 0.15) is 19.8 Å². The summed E-state index contributed by atoms with van der Waals surface area (Å²) in [4.78, 5) is 8.47. The van der Waals surface area contributed by atoms with Crippen LogP contribution < -0.4 is 11.1 Å². The number of aliphatic imine (C=N–C) groups is 1. The van der Waals surface area contributed by atoms with E-state index in [-0.39, 0.29) is 5.60 Å². The molecular formula is C13H20N4O. The minimum Gasteiger partial charge on any atom is -0.376 e. The molecule has 2 rings (SSSR count). The lowest BCUT2D eigenvalue weighted by atomic mass is 10.0. The Kier molecular flexibility index (Phi) is 3.81. The first-order valence-electron chi connectivity index (χ1n) is 6.17. The van der Waals surface area contributed by atoms with Crippen LogP contribution in [0.15, 0.2) is 29.4 Å². The van der Waals surface area contributed by atoms with Gasteiger partial charge in [0.15, 0.2) is 5.96 Å². The van der Waals surface area contributed by atoms with Crippen molar-refractivity contribution in [3.05, 3.63) is 24.4 Å². The van der Waals surface area contributed by atoms with Crippen molar-refractivity contribution in [1.82, 2.24) is 4.98 Å². The van der Waals surface area contributed by atoms with Crippen LogP contribution in [-0.2, 0) is 4.74 Å². The molecule has 5 heteroatoms. The van der Waals surface area contributed by atoms with Crippen molar-refractivity contribution in [2.75, 3.05) is 19.0 Å². The third kappa shape index (κ3) is 3.20. The Morgan fingerprint density at radius 3 is 2.94 bits per heavy atom. The third-order valence-electron chi connectivity index (χ3n) is 3.39. The first-order chi connectivity index (χ1) is 8.64. The van der Waals surface area contributed by atoms with Gasteiger partial charge in [0.2, 0.25) is 0 Å². The number of guanidine groups is 1. The summed E-state index contributed by atoms with van der Waals surface area (Å²) in [6.07, 6.45) is 4.14. The van der Waals surface area contributed by atoms with Gasteiger partial charge < -0.3 is 15.8 Å². The molecular weight excluding hydrogens is 228 g/mol. The van der Waals surface area contributed by atoms with Gasteiger partial charge in [-0.05, 0) is 37.8 Å². The summed E-state index contributed by atoms with van der Waals surface area (Å²) in [6.45, 7) is 2.65. The summed E-state index contributed by atoms with van der Waals surface area (Å²) in [5, 5.41) is 2.96. The van der Waals surface area contributed by atoms with Gasteiger partial charge in [-0.1, -0.05) is 6.07 Å². The summed E-state index contributed by atoms with van der Waals surface area (Å²) in [5.41, 5.74) is 5.63. The molecule has 0 aromatic carbocycles. The number of nitrogens with one attached hydrogen (secondary N) is 1. The van der Waals surface area contributed by atoms with Gasteiger partial charge in [-0.3, -0.25) is 4.99 Å². The maximum atomic E-state index is 5.83. The minimum absolute atomic E-state index is 0.198. The second kappa shape index (κ2) is 5.35. The zero-order chi connectivity index (χ0) is 13.0. The van der Waals surface area contributed by atoms with Crippen LogP contribution in [0.25, 0.3) is 0 Å². The van der Waals surface area contributed by atoms with Crippen molar-refractivity contribution in [1.29, 1.82) is 0 Å². The fourth-order valence-electron chi connectivity index (χ4n) is 1.90. The molecule has 1 aromatic rings. The van der Waals surface area contributed by atoms with Crippen LogP contribution in [0.4, 0.5) is 5.82 Å². The highest BCUT2D eigenvalue weighted by Crippen LogP contribution is 2.41. The molecule has 0 saturated heterocycles. The number of nitrogens with zero attached hydrogens (tertiary/aromatic N) is 2. The Morgan fingerprint density at radius 1 is 1.61 bits per heavy atom. The van der Waals surface area contributed by atoms with E-state index in [1.807, 2.05) is 18.2 Å². The number of pyridine rings is 1. The molecule has 1 heterocycles. The van der Waals surface area contributed by atoms with Gasteiger partial charge in [0, 0.05) is 13.3 Å². The molecule has 1 atom stereocenters. The zero-order valence-electron chi connectivity index (χ0n) is 10.9. The smallest absolute Gasteiger partial charge is 0.194 e. The number of anilines is 1. The van der Waals surface area contributed by atoms with E-state index in [0.717, 1.165) is 0 Å². The molecule has 1 saturated carbocycles. The van der Waals surface area contributed by atoms with Crippen LogP contribution in [0, 0.1) is 5.92 Å². The Bertz CT molecular complexity index is 416. The van der Waals surface area contributed by atoms with Crippen molar-refractivity contribution in [3.63, 3.8) is 0 Å². The number of aromatic nitrogens is 1. The van der Waals surface area contributed by atoms with Crippen molar-refractivity contribution in [3.8, 4) is 0 Å². The molecule has 0 bridgehead atoms. The number of ether oxygens (including phenoxy) is 1. The second-order valence-corrected chi connectivity index (χ2v) is 4.83. The van der Waals surface area contributed by atoms with E-state index in [9.17, 15) is 0 Å². The van der Waals surface area contributed by atoms with Crippen molar-refractivity contribution in [2.45, 2.75) is 25.4 Å². The molecule has 1 aromatic heterocycles. The van der Waals surface area contributed by atoms with Crippen LogP contribution in [0.2, 0.25) is 0 Å². The van der Waals surface area contributed by atoms with Crippen LogP contribution in [-0.4, -0.2) is 30.2 Å². The van der Waals surface area contributed by atoms with Gasteiger partial charge in [-0.15, -0.1) is 0 Å². The molecule has 1 unspecified atom stereocenters. The van der Waals surface area contributed by atoms with E-state index in [1.165, 1.54) is 12.8 Å². The molecule has 18 heavy (non-hydrogen) atoms. The number of methoxy groups -OCH3 is 1. The molecule has 0 spiro atoms. The van der Waals surface area contributed by atoms with Gasteiger partial charge in [0.25, 0.3) is 0 Å². The van der Waals surface area contributed by atoms with E-state index in [2.05, 4.69) is 22.2 Å². The third-order valence-corrected chi connectivity index (χ3v) is 3.39. The average molecular weight is 248 g/mol. The van der Waals surface area contributed by atoms with E-state index < -0.39 is 0 Å². The number of hydrogen-bond acceptors (Lipinski definition) is 3. The predicted octanol–water partition coefficient (Wildman–Crippen LogP) is 1.62. The molecule has 0 amide bonds. The summed E-state index contributed by atoms with van der Waals surface area (Å²) >= 11 is 0. The molecule has 0 radical (unpaired) electrons. The number of nitrogens with two attached hydrogens (primary N) is 1. The molecule has 1 aliphatic rings. The highest BCUT2D eigenvalue weighted by Gasteiger charge is 2.41. The maximum absolute atomic E-state index is 5.83. The van der Waals surface area contributed by atoms with Crippen molar-refractivity contribution in [2.24, 2.45) is 16.6 Å². The van der Waals surface area contributed by atoms with Crippen LogP contribution in [0.3, 0.4) is 0 Å². The quantitative estimate of drug-likeness (QED) is 0.613. The Balaban J connectivity index is 1.92. The zero-order valence-corrected chi connectivity index (χ0v) is 10.9. The largest absolute Gasteiger partial charge is 0.376 e. The van der Waals surface area contributed by atoms with Crippen molar-refractivity contribution >= 4 is 11.8 Å². The summed E-state index contributed by atoms with van der Waals surface area (Å²) < 4.78 is 5.56. The lowest BCUT2D eigenvalue weighted by molar-refractivity contribution is -0.00467.